The minimum atomic E-state index is -0.455. The Morgan fingerprint density at radius 1 is 1.15 bits per heavy atom. The fourth-order valence-electron chi connectivity index (χ4n) is 3.18. The summed E-state index contributed by atoms with van der Waals surface area (Å²) in [6, 6.07) is 8.60. The standard InChI is InChI=1S/C20H20O6/c1-24-17-10-13(5-6-16(17)23)19-15(11-22)14-8-12(4-3-7-21)9-18(25-2)20(14)26-19/h3-10,15,19,22-23H,11H2,1-2H3/b4-3+. The molecule has 0 aliphatic carbocycles. The van der Waals surface area contributed by atoms with E-state index in [1.54, 1.807) is 24.3 Å². The van der Waals surface area contributed by atoms with Crippen LogP contribution in [0.2, 0.25) is 0 Å². The molecule has 1 heterocycles. The van der Waals surface area contributed by atoms with E-state index >= 15 is 0 Å². The zero-order valence-electron chi connectivity index (χ0n) is 14.5. The number of hydrogen-bond acceptors (Lipinski definition) is 6. The number of carbonyl (C=O) groups is 1. The highest BCUT2D eigenvalue weighted by Crippen LogP contribution is 2.51. The second-order valence-electron chi connectivity index (χ2n) is 5.90. The van der Waals surface area contributed by atoms with E-state index < -0.39 is 6.10 Å². The molecule has 1 aliphatic heterocycles. The predicted octanol–water partition coefficient (Wildman–Crippen LogP) is 2.83. The van der Waals surface area contributed by atoms with Gasteiger partial charge in [-0.15, -0.1) is 0 Å². The van der Waals surface area contributed by atoms with Gasteiger partial charge in [-0.1, -0.05) is 12.1 Å². The van der Waals surface area contributed by atoms with Gasteiger partial charge in [0.05, 0.1) is 26.7 Å². The number of phenolic OH excluding ortho intramolecular Hbond substituents is 1. The molecular weight excluding hydrogens is 336 g/mol. The number of phenols is 1. The van der Waals surface area contributed by atoms with E-state index in [2.05, 4.69) is 0 Å². The second-order valence-corrected chi connectivity index (χ2v) is 5.90. The van der Waals surface area contributed by atoms with Crippen LogP contribution in [0, 0.1) is 0 Å². The molecule has 0 saturated carbocycles. The van der Waals surface area contributed by atoms with Crippen molar-refractivity contribution in [1.29, 1.82) is 0 Å². The predicted molar refractivity (Wildman–Crippen MR) is 95.9 cm³/mol. The number of rotatable bonds is 6. The number of methoxy groups -OCH3 is 2. The van der Waals surface area contributed by atoms with Gasteiger partial charge >= 0.3 is 0 Å². The van der Waals surface area contributed by atoms with Crippen LogP contribution in [0.25, 0.3) is 6.08 Å². The van der Waals surface area contributed by atoms with Gasteiger partial charge in [0.2, 0.25) is 0 Å². The van der Waals surface area contributed by atoms with E-state index in [1.807, 2.05) is 6.07 Å². The Hall–Kier alpha value is -2.99. The maximum absolute atomic E-state index is 10.6. The maximum atomic E-state index is 10.6. The lowest BCUT2D eigenvalue weighted by molar-refractivity contribution is -0.104. The molecule has 6 nitrogen and oxygen atoms in total. The quantitative estimate of drug-likeness (QED) is 0.612. The first-order valence-corrected chi connectivity index (χ1v) is 8.11. The maximum Gasteiger partial charge on any atom is 0.165 e. The Morgan fingerprint density at radius 3 is 2.58 bits per heavy atom. The molecular formula is C20H20O6. The van der Waals surface area contributed by atoms with Crippen molar-refractivity contribution in [2.45, 2.75) is 12.0 Å². The molecule has 2 atom stereocenters. The SMILES string of the molecule is COc1cc(C2Oc3c(OC)cc(/C=C/C=O)cc3C2CO)ccc1O. The third-order valence-corrected chi connectivity index (χ3v) is 4.43. The highest BCUT2D eigenvalue weighted by atomic mass is 16.5. The number of aldehydes is 1. The number of carbonyl (C=O) groups excluding carboxylic acids is 1. The third-order valence-electron chi connectivity index (χ3n) is 4.43. The number of benzene rings is 2. The van der Waals surface area contributed by atoms with Gasteiger partial charge in [-0.2, -0.15) is 0 Å². The fraction of sp³-hybridized carbons (Fsp3) is 0.250. The van der Waals surface area contributed by atoms with Crippen LogP contribution in [-0.2, 0) is 4.79 Å². The molecule has 6 heteroatoms. The van der Waals surface area contributed by atoms with Gasteiger partial charge < -0.3 is 24.4 Å². The lowest BCUT2D eigenvalue weighted by Gasteiger charge is -2.18. The molecule has 26 heavy (non-hydrogen) atoms. The number of aromatic hydroxyl groups is 1. The molecule has 0 fully saturated rings. The highest BCUT2D eigenvalue weighted by molar-refractivity contribution is 5.75. The summed E-state index contributed by atoms with van der Waals surface area (Å²) in [4.78, 5) is 10.6. The number of allylic oxidation sites excluding steroid dienone is 1. The Morgan fingerprint density at radius 2 is 1.92 bits per heavy atom. The Labute approximate surface area is 151 Å². The van der Waals surface area contributed by atoms with Crippen molar-refractivity contribution in [3.8, 4) is 23.0 Å². The summed E-state index contributed by atoms with van der Waals surface area (Å²) in [5.41, 5.74) is 2.34. The van der Waals surface area contributed by atoms with Crippen LogP contribution in [0.3, 0.4) is 0 Å². The summed E-state index contributed by atoms with van der Waals surface area (Å²) in [6.07, 6.45) is 3.31. The molecule has 0 saturated heterocycles. The number of aliphatic hydroxyl groups excluding tert-OH is 1. The molecule has 3 rings (SSSR count). The lowest BCUT2D eigenvalue weighted by Crippen LogP contribution is -2.13. The van der Waals surface area contributed by atoms with E-state index in [0.29, 0.717) is 23.5 Å². The molecule has 136 valence electrons. The smallest absolute Gasteiger partial charge is 0.165 e. The first-order chi connectivity index (χ1) is 12.6. The van der Waals surface area contributed by atoms with Gasteiger partial charge in [-0.05, 0) is 41.5 Å². The zero-order valence-corrected chi connectivity index (χ0v) is 14.5. The summed E-state index contributed by atoms with van der Waals surface area (Å²) >= 11 is 0. The van der Waals surface area contributed by atoms with Crippen LogP contribution in [-0.4, -0.2) is 37.3 Å². The number of ether oxygens (including phenoxy) is 3. The van der Waals surface area contributed by atoms with Crippen LogP contribution < -0.4 is 14.2 Å². The van der Waals surface area contributed by atoms with Crippen molar-refractivity contribution < 1.29 is 29.2 Å². The van der Waals surface area contributed by atoms with E-state index in [0.717, 1.165) is 16.7 Å². The monoisotopic (exact) mass is 356 g/mol. The van der Waals surface area contributed by atoms with Gasteiger partial charge in [0.15, 0.2) is 23.0 Å². The minimum absolute atomic E-state index is 0.0335. The van der Waals surface area contributed by atoms with Crippen molar-refractivity contribution >= 4 is 12.4 Å². The number of hydrogen-bond donors (Lipinski definition) is 2. The van der Waals surface area contributed by atoms with Crippen molar-refractivity contribution in [2.24, 2.45) is 0 Å². The Kier molecular flexibility index (Phi) is 5.14. The zero-order chi connectivity index (χ0) is 18.7. The first kappa shape index (κ1) is 17.8. The van der Waals surface area contributed by atoms with Gasteiger partial charge in [0, 0.05) is 5.56 Å². The summed E-state index contributed by atoms with van der Waals surface area (Å²) < 4.78 is 16.7. The average Bonchev–Trinajstić information content (AvgIpc) is 3.04. The summed E-state index contributed by atoms with van der Waals surface area (Å²) in [5, 5.41) is 19.8. The van der Waals surface area contributed by atoms with Crippen LogP contribution in [0.1, 0.15) is 28.7 Å². The van der Waals surface area contributed by atoms with Gasteiger partial charge in [-0.25, -0.2) is 0 Å². The Bertz CT molecular complexity index is 842. The number of aliphatic hydroxyl groups is 1. The molecule has 0 bridgehead atoms. The van der Waals surface area contributed by atoms with E-state index in [9.17, 15) is 15.0 Å². The minimum Gasteiger partial charge on any atom is -0.504 e. The normalized spacial score (nSPS) is 18.4. The summed E-state index contributed by atoms with van der Waals surface area (Å²) in [5.74, 6) is 1.14. The average molecular weight is 356 g/mol. The van der Waals surface area contributed by atoms with Crippen LogP contribution in [0.4, 0.5) is 0 Å². The lowest BCUT2D eigenvalue weighted by atomic mass is 9.90. The van der Waals surface area contributed by atoms with Crippen LogP contribution >= 0.6 is 0 Å². The van der Waals surface area contributed by atoms with Gasteiger partial charge in [0.1, 0.15) is 12.4 Å². The molecule has 0 aromatic heterocycles. The summed E-state index contributed by atoms with van der Waals surface area (Å²) in [6.45, 7) is -0.134. The van der Waals surface area contributed by atoms with Crippen molar-refractivity contribution in [2.75, 3.05) is 20.8 Å². The molecule has 0 radical (unpaired) electrons. The topological polar surface area (TPSA) is 85.2 Å². The molecule has 2 aromatic rings. The molecule has 0 amide bonds. The number of fused-ring (bicyclic) bond motifs is 1. The molecule has 1 aliphatic rings. The van der Waals surface area contributed by atoms with E-state index in [1.165, 1.54) is 26.4 Å². The first-order valence-electron chi connectivity index (χ1n) is 8.11. The summed E-state index contributed by atoms with van der Waals surface area (Å²) in [7, 11) is 3.01. The molecule has 0 spiro atoms. The molecule has 2 aromatic carbocycles. The fourth-order valence-corrected chi connectivity index (χ4v) is 3.18. The molecule has 2 N–H and O–H groups in total. The van der Waals surface area contributed by atoms with Crippen molar-refractivity contribution in [1.82, 2.24) is 0 Å². The largest absolute Gasteiger partial charge is 0.504 e. The Balaban J connectivity index is 2.06. The van der Waals surface area contributed by atoms with Gasteiger partial charge in [0.25, 0.3) is 0 Å². The van der Waals surface area contributed by atoms with Gasteiger partial charge in [-0.3, -0.25) is 4.79 Å². The second kappa shape index (κ2) is 7.49. The van der Waals surface area contributed by atoms with Crippen molar-refractivity contribution in [3.63, 3.8) is 0 Å². The van der Waals surface area contributed by atoms with E-state index in [-0.39, 0.29) is 18.3 Å². The van der Waals surface area contributed by atoms with Crippen LogP contribution in [0.5, 0.6) is 23.0 Å². The highest BCUT2D eigenvalue weighted by Gasteiger charge is 2.37. The van der Waals surface area contributed by atoms with E-state index in [4.69, 9.17) is 14.2 Å². The van der Waals surface area contributed by atoms with Crippen LogP contribution in [0.15, 0.2) is 36.4 Å². The molecule has 2 unspecified atom stereocenters. The van der Waals surface area contributed by atoms with Crippen molar-refractivity contribution in [3.05, 3.63) is 53.1 Å². The third kappa shape index (κ3) is 3.11.